The van der Waals surface area contributed by atoms with Gasteiger partial charge >= 0.3 is 12.0 Å². The summed E-state index contributed by atoms with van der Waals surface area (Å²) in [5.74, 6) is 1.40. The second-order valence-electron chi connectivity index (χ2n) is 6.23. The summed E-state index contributed by atoms with van der Waals surface area (Å²) in [6, 6.07) is 7.73. The number of rotatable bonds is 7. The number of piperidine rings is 1. The largest absolute Gasteiger partial charge is 0.467 e. The summed E-state index contributed by atoms with van der Waals surface area (Å²) in [4.78, 5) is 15.1. The van der Waals surface area contributed by atoms with E-state index in [9.17, 15) is 0 Å². The fourth-order valence-corrected chi connectivity index (χ4v) is 2.84. The number of tetrazole rings is 1. The minimum absolute atomic E-state index is 0.177. The van der Waals surface area contributed by atoms with Crippen molar-refractivity contribution in [3.05, 3.63) is 29.8 Å². The molecule has 0 spiro atoms. The fraction of sp³-hybridized carbons (Fsp3) is 0.353. The van der Waals surface area contributed by atoms with Crippen LogP contribution in [0.3, 0.4) is 0 Å². The number of hydrazone groups is 1. The third kappa shape index (κ3) is 4.91. The first-order chi connectivity index (χ1) is 14.3. The van der Waals surface area contributed by atoms with E-state index in [0.717, 1.165) is 31.5 Å². The number of benzene rings is 1. The molecule has 1 aromatic carbocycles. The van der Waals surface area contributed by atoms with Crippen LogP contribution in [-0.2, 0) is 0 Å². The predicted octanol–water partition coefficient (Wildman–Crippen LogP) is 1.62. The Morgan fingerprint density at radius 2 is 2.00 bits per heavy atom. The van der Waals surface area contributed by atoms with Crippen LogP contribution < -0.4 is 19.8 Å². The van der Waals surface area contributed by atoms with Gasteiger partial charge in [-0.05, 0) is 42.2 Å². The maximum Gasteiger partial charge on any atom is 0.330 e. The second kappa shape index (κ2) is 8.91. The molecule has 0 aliphatic carbocycles. The van der Waals surface area contributed by atoms with Gasteiger partial charge in [-0.1, -0.05) is 17.2 Å². The lowest BCUT2D eigenvalue weighted by Crippen LogP contribution is -2.31. The van der Waals surface area contributed by atoms with Crippen LogP contribution in [0, 0.1) is 0 Å². The van der Waals surface area contributed by atoms with Gasteiger partial charge in [-0.2, -0.15) is 20.3 Å². The van der Waals surface area contributed by atoms with E-state index in [1.165, 1.54) is 13.5 Å². The summed E-state index contributed by atoms with van der Waals surface area (Å²) >= 11 is 0. The summed E-state index contributed by atoms with van der Waals surface area (Å²) in [5.41, 5.74) is 3.46. The van der Waals surface area contributed by atoms with Gasteiger partial charge in [0.05, 0.1) is 13.3 Å². The summed E-state index contributed by atoms with van der Waals surface area (Å²) in [6.07, 6.45) is 5.06. The number of nitrogens with zero attached hydrogens (tertiary/aromatic N) is 8. The van der Waals surface area contributed by atoms with Crippen molar-refractivity contribution in [2.75, 3.05) is 30.5 Å². The normalized spacial score (nSPS) is 14.2. The van der Waals surface area contributed by atoms with Gasteiger partial charge < -0.3 is 14.4 Å². The Kier molecular flexibility index (Phi) is 5.69. The Bertz CT molecular complexity index is 957. The van der Waals surface area contributed by atoms with Crippen molar-refractivity contribution in [1.29, 1.82) is 0 Å². The number of ether oxygens (including phenoxy) is 2. The zero-order valence-corrected chi connectivity index (χ0v) is 15.8. The highest BCUT2D eigenvalue weighted by Gasteiger charge is 2.17. The van der Waals surface area contributed by atoms with Crippen LogP contribution in [0.2, 0.25) is 0 Å². The van der Waals surface area contributed by atoms with Crippen molar-refractivity contribution >= 4 is 18.1 Å². The number of aromatic nitrogens is 7. The first-order valence-corrected chi connectivity index (χ1v) is 9.15. The van der Waals surface area contributed by atoms with Crippen LogP contribution in [0.25, 0.3) is 0 Å². The molecule has 1 saturated heterocycles. The third-order valence-electron chi connectivity index (χ3n) is 4.19. The number of hydrogen-bond donors (Lipinski definition) is 2. The molecule has 0 radical (unpaired) electrons. The Balaban J connectivity index is 1.48. The van der Waals surface area contributed by atoms with Crippen molar-refractivity contribution in [2.45, 2.75) is 19.3 Å². The van der Waals surface area contributed by atoms with Gasteiger partial charge in [-0.25, -0.2) is 5.43 Å². The highest BCUT2D eigenvalue weighted by atomic mass is 16.5. The lowest BCUT2D eigenvalue weighted by Gasteiger charge is -2.26. The number of H-pyrrole nitrogens is 1. The number of anilines is 2. The van der Waals surface area contributed by atoms with Crippen LogP contribution >= 0.6 is 0 Å². The Morgan fingerprint density at radius 3 is 2.79 bits per heavy atom. The minimum Gasteiger partial charge on any atom is -0.467 e. The van der Waals surface area contributed by atoms with E-state index in [1.807, 2.05) is 12.1 Å². The number of nitrogens with one attached hydrogen (secondary N) is 2. The van der Waals surface area contributed by atoms with Crippen LogP contribution in [0.5, 0.6) is 17.8 Å². The number of methoxy groups -OCH3 is 1. The van der Waals surface area contributed by atoms with E-state index < -0.39 is 0 Å². The van der Waals surface area contributed by atoms with Gasteiger partial charge in [0.15, 0.2) is 0 Å². The molecule has 3 aromatic rings. The molecule has 0 unspecified atom stereocenters. The molecule has 4 rings (SSSR count). The molecular formula is C17H20N10O2. The van der Waals surface area contributed by atoms with Crippen LogP contribution in [0.15, 0.2) is 29.4 Å². The molecule has 29 heavy (non-hydrogen) atoms. The highest BCUT2D eigenvalue weighted by molar-refractivity contribution is 5.80. The zero-order valence-electron chi connectivity index (χ0n) is 15.8. The standard InChI is InChI=1S/C17H20N10O2/c1-28-16-19-15(27-8-3-2-4-9-27)20-17(21-16)29-13-7-5-6-12(10-13)11-18-22-14-23-25-26-24-14/h5-7,10-11H,2-4,8-9H2,1H3,(H2,22,23,24,25,26). The van der Waals surface area contributed by atoms with E-state index in [1.54, 1.807) is 18.3 Å². The van der Waals surface area contributed by atoms with E-state index in [-0.39, 0.29) is 18.0 Å². The van der Waals surface area contributed by atoms with Crippen molar-refractivity contribution in [1.82, 2.24) is 35.6 Å². The average Bonchev–Trinajstić information content (AvgIpc) is 3.28. The molecule has 0 amide bonds. The molecule has 0 atom stereocenters. The molecule has 1 fully saturated rings. The minimum atomic E-state index is 0.177. The highest BCUT2D eigenvalue weighted by Crippen LogP contribution is 2.24. The van der Waals surface area contributed by atoms with Gasteiger partial charge in [-0.15, -0.1) is 10.1 Å². The molecule has 0 bridgehead atoms. The van der Waals surface area contributed by atoms with Crippen LogP contribution in [0.1, 0.15) is 24.8 Å². The molecule has 2 N–H and O–H groups in total. The lowest BCUT2D eigenvalue weighted by molar-refractivity contribution is 0.358. The van der Waals surface area contributed by atoms with E-state index in [2.05, 4.69) is 51.0 Å². The second-order valence-corrected chi connectivity index (χ2v) is 6.23. The maximum atomic E-state index is 5.85. The third-order valence-corrected chi connectivity index (χ3v) is 4.19. The lowest BCUT2D eigenvalue weighted by atomic mass is 10.1. The summed E-state index contributed by atoms with van der Waals surface area (Å²) in [5, 5.41) is 17.3. The maximum absolute atomic E-state index is 5.85. The molecule has 12 nitrogen and oxygen atoms in total. The van der Waals surface area contributed by atoms with Gasteiger partial charge in [0.1, 0.15) is 5.75 Å². The number of aromatic amines is 1. The summed E-state index contributed by atoms with van der Waals surface area (Å²) in [7, 11) is 1.52. The van der Waals surface area contributed by atoms with Crippen LogP contribution in [0.4, 0.5) is 11.9 Å². The Labute approximate surface area is 166 Å². The van der Waals surface area contributed by atoms with E-state index in [0.29, 0.717) is 11.7 Å². The molecule has 0 saturated carbocycles. The van der Waals surface area contributed by atoms with E-state index >= 15 is 0 Å². The average molecular weight is 396 g/mol. The molecule has 1 aliphatic heterocycles. The molecule has 150 valence electrons. The molecule has 3 heterocycles. The Morgan fingerprint density at radius 1 is 1.14 bits per heavy atom. The number of hydrogen-bond acceptors (Lipinski definition) is 11. The first kappa shape index (κ1) is 18.5. The fourth-order valence-electron chi connectivity index (χ4n) is 2.84. The molecule has 2 aromatic heterocycles. The predicted molar refractivity (Wildman–Crippen MR) is 104 cm³/mol. The first-order valence-electron chi connectivity index (χ1n) is 9.15. The van der Waals surface area contributed by atoms with Gasteiger partial charge in [0.25, 0.3) is 5.95 Å². The van der Waals surface area contributed by atoms with Crippen molar-refractivity contribution < 1.29 is 9.47 Å². The van der Waals surface area contributed by atoms with Gasteiger partial charge in [0, 0.05) is 13.1 Å². The smallest absolute Gasteiger partial charge is 0.330 e. The SMILES string of the molecule is COc1nc(Oc2cccc(C=NNc3nn[nH]n3)c2)nc(N2CCCCC2)n1. The quantitative estimate of drug-likeness (QED) is 0.447. The van der Waals surface area contributed by atoms with Crippen molar-refractivity contribution in [2.24, 2.45) is 5.10 Å². The molecule has 12 heteroatoms. The zero-order chi connectivity index (χ0) is 19.9. The summed E-state index contributed by atoms with van der Waals surface area (Å²) < 4.78 is 11.1. The van der Waals surface area contributed by atoms with Gasteiger partial charge in [0.2, 0.25) is 5.95 Å². The van der Waals surface area contributed by atoms with Crippen molar-refractivity contribution in [3.63, 3.8) is 0 Å². The monoisotopic (exact) mass is 396 g/mol. The Hall–Kier alpha value is -3.83. The molecular weight excluding hydrogens is 376 g/mol. The van der Waals surface area contributed by atoms with E-state index in [4.69, 9.17) is 9.47 Å². The summed E-state index contributed by atoms with van der Waals surface area (Å²) in [6.45, 7) is 1.82. The van der Waals surface area contributed by atoms with Gasteiger partial charge in [-0.3, -0.25) is 0 Å². The molecule has 1 aliphatic rings. The topological polar surface area (TPSA) is 139 Å². The van der Waals surface area contributed by atoms with Crippen LogP contribution in [-0.4, -0.2) is 62.0 Å². The van der Waals surface area contributed by atoms with Crippen molar-refractivity contribution in [3.8, 4) is 17.8 Å².